The second-order valence-corrected chi connectivity index (χ2v) is 17.9. The number of ether oxygens (including phenoxy) is 1. The van der Waals surface area contributed by atoms with Crippen LogP contribution in [0.1, 0.15) is 63.6 Å². The van der Waals surface area contributed by atoms with Crippen LogP contribution in [0.15, 0.2) is 43.0 Å². The number of likely N-dealkylation sites (N-methyl/N-ethyl adjacent to an activating group) is 1. The van der Waals surface area contributed by atoms with Gasteiger partial charge in [0.2, 0.25) is 27.7 Å². The molecule has 2 aliphatic carbocycles. The van der Waals surface area contributed by atoms with Gasteiger partial charge in [0.25, 0.3) is 5.91 Å². The van der Waals surface area contributed by atoms with Gasteiger partial charge in [-0.1, -0.05) is 24.3 Å². The van der Waals surface area contributed by atoms with Crippen molar-refractivity contribution in [2.75, 3.05) is 33.7 Å². The summed E-state index contributed by atoms with van der Waals surface area (Å²) in [6, 6.07) is 0.334. The number of halogens is 1. The van der Waals surface area contributed by atoms with Crippen LogP contribution in [0.2, 0.25) is 0 Å². The lowest BCUT2D eigenvalue weighted by Gasteiger charge is -2.31. The van der Waals surface area contributed by atoms with E-state index in [-0.39, 0.29) is 31.5 Å². The number of fused-ring (bicyclic) bond motifs is 1. The topological polar surface area (TPSA) is 224 Å². The number of sulfonamides is 1. The molecule has 4 aliphatic rings. The van der Waals surface area contributed by atoms with E-state index >= 15 is 0 Å². The Morgan fingerprint density at radius 3 is 2.43 bits per heavy atom. The van der Waals surface area contributed by atoms with E-state index in [4.69, 9.17) is 4.74 Å². The number of hydrogen-bond donors (Lipinski definition) is 5. The predicted octanol–water partition coefficient (Wildman–Crippen LogP) is 1.37. The molecule has 5 rings (SSSR count). The molecule has 1 aromatic carbocycles. The summed E-state index contributed by atoms with van der Waals surface area (Å²) in [6.45, 7) is 8.01. The molecule has 1 unspecified atom stereocenters. The van der Waals surface area contributed by atoms with Crippen LogP contribution in [0.3, 0.4) is 0 Å². The monoisotopic (exact) mass is 803 g/mol. The van der Waals surface area contributed by atoms with Gasteiger partial charge in [-0.25, -0.2) is 22.4 Å². The second-order valence-electron chi connectivity index (χ2n) is 16.0. The molecule has 2 saturated carbocycles. The fourth-order valence-electron chi connectivity index (χ4n) is 7.24. The highest BCUT2D eigenvalue weighted by atomic mass is 32.2. The number of hydrogen-bond acceptors (Lipinski definition) is 10. The van der Waals surface area contributed by atoms with E-state index in [0.717, 1.165) is 9.80 Å². The third-order valence-corrected chi connectivity index (χ3v) is 12.0. The number of rotatable bonds is 14. The molecule has 306 valence electrons. The maximum atomic E-state index is 15.0. The molecule has 2 heterocycles. The third kappa shape index (κ3) is 9.49. The third-order valence-electron chi connectivity index (χ3n) is 10.2. The number of likely N-dealkylation sites (tertiary alicyclic amines) is 1. The second kappa shape index (κ2) is 16.2. The molecular weight excluding hydrogens is 754 g/mol. The van der Waals surface area contributed by atoms with E-state index in [2.05, 4.69) is 27.3 Å². The molecule has 1 aromatic rings. The first kappa shape index (κ1) is 42.1. The summed E-state index contributed by atoms with van der Waals surface area (Å²) in [4.78, 5) is 84.8. The SMILES string of the molecule is C=C[C@@H]1C[C@]1(NC(=O)[C@@H]1C[C@@H](C2c3cccc(F)c3CN2C(=O)O)CN1C(=O)[C@H](CNC(=O)C=CCN(C)C)NC(=O)OC(C)(C)C)C(=O)NS(=O)(=O)C1CC1. The van der Waals surface area contributed by atoms with E-state index in [0.29, 0.717) is 24.9 Å². The number of carboxylic acid groups (broad SMARTS) is 1. The van der Waals surface area contributed by atoms with Crippen molar-refractivity contribution in [2.24, 2.45) is 11.8 Å². The van der Waals surface area contributed by atoms with E-state index in [9.17, 15) is 46.7 Å². The Kier molecular flexibility index (Phi) is 12.2. The van der Waals surface area contributed by atoms with Crippen molar-refractivity contribution in [2.45, 2.75) is 87.5 Å². The first-order valence-corrected chi connectivity index (χ1v) is 19.9. The zero-order valence-corrected chi connectivity index (χ0v) is 32.9. The first-order valence-electron chi connectivity index (χ1n) is 18.3. The Balaban J connectivity index is 1.48. The van der Waals surface area contributed by atoms with Gasteiger partial charge in [0.05, 0.1) is 17.8 Å². The summed E-state index contributed by atoms with van der Waals surface area (Å²) in [5.74, 6) is -5.30. The lowest BCUT2D eigenvalue weighted by molar-refractivity contribution is -0.141. The average Bonchev–Trinajstić information content (AvgIpc) is 3.99. The van der Waals surface area contributed by atoms with Crippen LogP contribution in [-0.2, 0) is 40.5 Å². The predicted molar refractivity (Wildman–Crippen MR) is 199 cm³/mol. The van der Waals surface area contributed by atoms with Crippen molar-refractivity contribution in [1.82, 2.24) is 35.4 Å². The van der Waals surface area contributed by atoms with Crippen molar-refractivity contribution in [1.29, 1.82) is 0 Å². The Bertz CT molecular complexity index is 1910. The summed E-state index contributed by atoms with van der Waals surface area (Å²) in [7, 11) is -0.392. The molecule has 19 heteroatoms. The molecule has 1 saturated heterocycles. The van der Waals surface area contributed by atoms with Crippen LogP contribution in [-0.4, -0.2) is 126 Å². The number of alkyl carbamates (subject to hydrolysis) is 1. The maximum absolute atomic E-state index is 15.0. The zero-order valence-electron chi connectivity index (χ0n) is 32.0. The van der Waals surface area contributed by atoms with Gasteiger partial charge in [-0.2, -0.15) is 0 Å². The molecule has 2 aliphatic heterocycles. The van der Waals surface area contributed by atoms with Crippen molar-refractivity contribution in [3.8, 4) is 0 Å². The van der Waals surface area contributed by atoms with Gasteiger partial charge >= 0.3 is 12.2 Å². The van der Waals surface area contributed by atoms with Crippen LogP contribution >= 0.6 is 0 Å². The average molecular weight is 804 g/mol. The highest BCUT2D eigenvalue weighted by molar-refractivity contribution is 7.91. The van der Waals surface area contributed by atoms with Crippen LogP contribution < -0.4 is 20.7 Å². The van der Waals surface area contributed by atoms with Gasteiger partial charge in [-0.3, -0.25) is 28.8 Å². The van der Waals surface area contributed by atoms with Gasteiger partial charge in [-0.05, 0) is 72.2 Å². The summed E-state index contributed by atoms with van der Waals surface area (Å²) < 4.78 is 47.9. The molecule has 3 fully saturated rings. The van der Waals surface area contributed by atoms with Crippen molar-refractivity contribution in [3.05, 3.63) is 60.0 Å². The Hall–Kier alpha value is -5.04. The standard InChI is InChI=1S/C37H50FN7O10S/c1-7-22-17-37(22,33(49)42-56(53,54)23-13-14-23)41-31(47)28-16-21(30-24-10-8-11-26(38)25(24)20-45(30)35(51)52)19-44(28)32(48)27(40-34(50)55-36(2,3)4)18-39-29(46)12-9-15-43(5)6/h7-12,21-23,27-28,30H,1,13-20H2,2-6H3,(H,39,46)(H,40,50)(H,41,47)(H,42,49)(H,51,52)/t21-,22-,27+,28+,30?,37-/m1/s1. The number of benzene rings is 1. The first-order chi connectivity index (χ1) is 26.2. The lowest BCUT2D eigenvalue weighted by atomic mass is 9.90. The molecule has 6 amide bonds. The Morgan fingerprint density at radius 2 is 1.84 bits per heavy atom. The molecular formula is C37H50FN7O10S. The molecule has 6 atom stereocenters. The van der Waals surface area contributed by atoms with Crippen molar-refractivity contribution in [3.63, 3.8) is 0 Å². The van der Waals surface area contributed by atoms with E-state index < -0.39 is 105 Å². The molecule has 5 N–H and O–H groups in total. The van der Waals surface area contributed by atoms with Crippen molar-refractivity contribution >= 4 is 45.8 Å². The summed E-state index contributed by atoms with van der Waals surface area (Å²) in [5.41, 5.74) is -2.17. The molecule has 0 aromatic heterocycles. The van der Waals surface area contributed by atoms with Crippen LogP contribution in [0.4, 0.5) is 14.0 Å². The lowest BCUT2D eigenvalue weighted by Crippen LogP contribution is -2.59. The minimum Gasteiger partial charge on any atom is -0.465 e. The number of nitrogens with zero attached hydrogens (tertiary/aromatic N) is 3. The molecule has 56 heavy (non-hydrogen) atoms. The van der Waals surface area contributed by atoms with E-state index in [1.807, 2.05) is 4.90 Å². The van der Waals surface area contributed by atoms with Crippen LogP contribution in [0.5, 0.6) is 0 Å². The van der Waals surface area contributed by atoms with Crippen LogP contribution in [0.25, 0.3) is 0 Å². The maximum Gasteiger partial charge on any atom is 0.408 e. The molecule has 0 spiro atoms. The van der Waals surface area contributed by atoms with Gasteiger partial charge in [0.15, 0.2) is 0 Å². The minimum absolute atomic E-state index is 0.0244. The highest BCUT2D eigenvalue weighted by Gasteiger charge is 2.62. The molecule has 17 nitrogen and oxygen atoms in total. The number of carbonyl (C=O) groups is 6. The normalized spacial score (nSPS) is 25.0. The smallest absolute Gasteiger partial charge is 0.408 e. The minimum atomic E-state index is -4.00. The largest absolute Gasteiger partial charge is 0.465 e. The fraction of sp³-hybridized carbons (Fsp3) is 0.568. The fourth-order valence-corrected chi connectivity index (χ4v) is 8.61. The quantitative estimate of drug-likeness (QED) is 0.134. The number of carbonyl (C=O) groups excluding carboxylic acids is 5. The number of amides is 6. The van der Waals surface area contributed by atoms with Gasteiger partial charge in [0.1, 0.15) is 29.0 Å². The Labute approximate surface area is 325 Å². The summed E-state index contributed by atoms with van der Waals surface area (Å²) in [5, 5.41) is 17.2. The Morgan fingerprint density at radius 1 is 1.14 bits per heavy atom. The molecule has 0 bridgehead atoms. The van der Waals surface area contributed by atoms with Crippen molar-refractivity contribution < 1.29 is 51.4 Å². The number of nitrogens with one attached hydrogen (secondary N) is 4. The van der Waals surface area contributed by atoms with Crippen LogP contribution in [0, 0.1) is 17.7 Å². The summed E-state index contributed by atoms with van der Waals surface area (Å²) >= 11 is 0. The van der Waals surface area contributed by atoms with Gasteiger partial charge < -0.3 is 35.6 Å². The van der Waals surface area contributed by atoms with Gasteiger partial charge in [0, 0.05) is 43.1 Å². The van der Waals surface area contributed by atoms with E-state index in [1.165, 1.54) is 24.3 Å². The van der Waals surface area contributed by atoms with E-state index in [1.54, 1.807) is 47.0 Å². The zero-order chi connectivity index (χ0) is 41.3. The van der Waals surface area contributed by atoms with Gasteiger partial charge in [-0.15, -0.1) is 6.58 Å². The molecule has 0 radical (unpaired) electrons. The highest BCUT2D eigenvalue weighted by Crippen LogP contribution is 2.47. The summed E-state index contributed by atoms with van der Waals surface area (Å²) in [6.07, 6.45) is 2.54.